The highest BCUT2D eigenvalue weighted by Crippen LogP contribution is 2.52. The van der Waals surface area contributed by atoms with E-state index in [4.69, 9.17) is 5.73 Å². The number of nitriles is 1. The van der Waals surface area contributed by atoms with Gasteiger partial charge < -0.3 is 10.5 Å². The van der Waals surface area contributed by atoms with Crippen LogP contribution in [0.5, 0.6) is 5.75 Å². The second-order valence-electron chi connectivity index (χ2n) is 4.46. The molecule has 2 aromatic rings. The molecule has 0 aromatic carbocycles. The maximum Gasteiger partial charge on any atom is 0.410 e. The standard InChI is InChI=1S/C13H9FN6O2S2/c14-8-1-7(22-13(16)21)3-18-11(8)10-4-23-12(24-10)9(2-15)20-6-17-5-19-20/h1,3,5-6,10H,4H2,(H2,16,21)/b12-9+. The van der Waals surface area contributed by atoms with Gasteiger partial charge in [-0.25, -0.2) is 18.9 Å². The van der Waals surface area contributed by atoms with E-state index in [1.807, 2.05) is 0 Å². The van der Waals surface area contributed by atoms with Gasteiger partial charge >= 0.3 is 6.09 Å². The smallest absolute Gasteiger partial charge is 0.409 e. The molecule has 2 aromatic heterocycles. The van der Waals surface area contributed by atoms with Gasteiger partial charge in [0.15, 0.2) is 11.4 Å². The van der Waals surface area contributed by atoms with Crippen molar-refractivity contribution in [2.75, 3.05) is 5.75 Å². The van der Waals surface area contributed by atoms with E-state index in [1.165, 1.54) is 47.1 Å². The lowest BCUT2D eigenvalue weighted by molar-refractivity contribution is 0.210. The van der Waals surface area contributed by atoms with E-state index < -0.39 is 11.9 Å². The number of nitrogens with zero attached hydrogens (tertiary/aromatic N) is 5. The molecule has 2 N–H and O–H groups in total. The van der Waals surface area contributed by atoms with Crippen molar-refractivity contribution >= 4 is 35.3 Å². The first-order valence-corrected chi connectivity index (χ1v) is 8.36. The van der Waals surface area contributed by atoms with Crippen molar-refractivity contribution in [3.63, 3.8) is 0 Å². The highest BCUT2D eigenvalue weighted by atomic mass is 32.2. The average Bonchev–Trinajstić information content (AvgIpc) is 3.20. The van der Waals surface area contributed by atoms with Gasteiger partial charge in [-0.2, -0.15) is 10.4 Å². The number of ether oxygens (including phenoxy) is 1. The lowest BCUT2D eigenvalue weighted by Gasteiger charge is -2.09. The maximum atomic E-state index is 14.2. The van der Waals surface area contributed by atoms with Gasteiger partial charge in [0.25, 0.3) is 0 Å². The first-order valence-electron chi connectivity index (χ1n) is 6.50. The Morgan fingerprint density at radius 1 is 1.58 bits per heavy atom. The molecule has 1 saturated heterocycles. The fourth-order valence-electron chi connectivity index (χ4n) is 1.96. The van der Waals surface area contributed by atoms with E-state index in [-0.39, 0.29) is 16.7 Å². The van der Waals surface area contributed by atoms with Crippen LogP contribution in [0.2, 0.25) is 0 Å². The summed E-state index contributed by atoms with van der Waals surface area (Å²) in [6.07, 6.45) is 2.96. The molecule has 3 rings (SSSR count). The number of primary amides is 1. The molecule has 122 valence electrons. The van der Waals surface area contributed by atoms with Crippen LogP contribution < -0.4 is 10.5 Å². The minimum absolute atomic E-state index is 0.0597. The number of pyridine rings is 1. The molecule has 8 nitrogen and oxygen atoms in total. The summed E-state index contributed by atoms with van der Waals surface area (Å²) in [6, 6.07) is 3.13. The Balaban J connectivity index is 1.83. The molecule has 1 aliphatic heterocycles. The largest absolute Gasteiger partial charge is 0.410 e. The molecule has 1 atom stereocenters. The molecule has 1 unspecified atom stereocenters. The summed E-state index contributed by atoms with van der Waals surface area (Å²) < 4.78 is 20.9. The predicted molar refractivity (Wildman–Crippen MR) is 86.0 cm³/mol. The van der Waals surface area contributed by atoms with Gasteiger partial charge in [-0.15, -0.1) is 23.5 Å². The Morgan fingerprint density at radius 2 is 2.42 bits per heavy atom. The van der Waals surface area contributed by atoms with Crippen molar-refractivity contribution in [3.8, 4) is 11.8 Å². The van der Waals surface area contributed by atoms with Crippen LogP contribution in [-0.2, 0) is 0 Å². The predicted octanol–water partition coefficient (Wildman–Crippen LogP) is 2.14. The van der Waals surface area contributed by atoms with Crippen LogP contribution in [-0.4, -0.2) is 31.6 Å². The van der Waals surface area contributed by atoms with Crippen LogP contribution in [0.15, 0.2) is 29.2 Å². The van der Waals surface area contributed by atoms with Crippen LogP contribution in [0.1, 0.15) is 10.9 Å². The fourth-order valence-corrected chi connectivity index (χ4v) is 4.79. The third-order valence-electron chi connectivity index (χ3n) is 2.93. The first kappa shape index (κ1) is 16.3. The molecular weight excluding hydrogens is 355 g/mol. The van der Waals surface area contributed by atoms with Gasteiger partial charge in [-0.1, -0.05) is 0 Å². The van der Waals surface area contributed by atoms with Gasteiger partial charge in [-0.3, -0.25) is 4.98 Å². The van der Waals surface area contributed by atoms with E-state index in [9.17, 15) is 14.4 Å². The molecule has 0 spiro atoms. The Kier molecular flexibility index (Phi) is 4.68. The van der Waals surface area contributed by atoms with Crippen LogP contribution in [0.25, 0.3) is 5.70 Å². The van der Waals surface area contributed by atoms with E-state index in [0.29, 0.717) is 15.7 Å². The summed E-state index contributed by atoms with van der Waals surface area (Å²) in [7, 11) is 0. The summed E-state index contributed by atoms with van der Waals surface area (Å²) in [5.74, 6) is -0.123. The summed E-state index contributed by atoms with van der Waals surface area (Å²) in [5, 5.41) is 13.0. The molecule has 1 fully saturated rings. The first-order chi connectivity index (χ1) is 11.6. The summed E-state index contributed by atoms with van der Waals surface area (Å²) in [4.78, 5) is 18.5. The third kappa shape index (κ3) is 3.34. The van der Waals surface area contributed by atoms with Crippen LogP contribution >= 0.6 is 23.5 Å². The number of halogens is 1. The Hall–Kier alpha value is -2.58. The zero-order valence-corrected chi connectivity index (χ0v) is 13.6. The minimum Gasteiger partial charge on any atom is -0.409 e. The number of carbonyl (C=O) groups excluding carboxylic acids is 1. The molecule has 0 radical (unpaired) electrons. The molecule has 24 heavy (non-hydrogen) atoms. The number of amides is 1. The number of rotatable bonds is 3. The SMILES string of the molecule is N#C/C(=C1/SCC(c2ncc(OC(N)=O)cc2F)S1)n1cncn1. The molecule has 1 aliphatic rings. The fraction of sp³-hybridized carbons (Fsp3) is 0.154. The normalized spacial score (nSPS) is 18.9. The number of aromatic nitrogens is 4. The minimum atomic E-state index is -1.04. The van der Waals surface area contributed by atoms with Crippen molar-refractivity contribution in [2.45, 2.75) is 5.25 Å². The topological polar surface area (TPSA) is 120 Å². The monoisotopic (exact) mass is 364 g/mol. The van der Waals surface area contributed by atoms with Gasteiger partial charge in [0.1, 0.15) is 24.5 Å². The highest BCUT2D eigenvalue weighted by molar-refractivity contribution is 8.25. The van der Waals surface area contributed by atoms with E-state index >= 15 is 0 Å². The second-order valence-corrected chi connectivity index (χ2v) is 6.97. The molecule has 0 bridgehead atoms. The van der Waals surface area contributed by atoms with E-state index in [0.717, 1.165) is 6.07 Å². The highest BCUT2D eigenvalue weighted by Gasteiger charge is 2.29. The molecule has 0 saturated carbocycles. The summed E-state index contributed by atoms with van der Waals surface area (Å²) >= 11 is 2.74. The zero-order chi connectivity index (χ0) is 17.1. The number of hydrogen-bond donors (Lipinski definition) is 1. The number of carbonyl (C=O) groups is 1. The Morgan fingerprint density at radius 3 is 3.04 bits per heavy atom. The summed E-state index contributed by atoms with van der Waals surface area (Å²) in [5.41, 5.74) is 5.43. The molecule has 11 heteroatoms. The lowest BCUT2D eigenvalue weighted by atomic mass is 10.2. The second kappa shape index (κ2) is 6.90. The number of hydrogen-bond acceptors (Lipinski definition) is 8. The Bertz CT molecular complexity index is 849. The van der Waals surface area contributed by atoms with Gasteiger partial charge in [-0.05, 0) is 0 Å². The Labute approximate surface area is 143 Å². The third-order valence-corrected chi connectivity index (χ3v) is 5.82. The molecule has 0 aliphatic carbocycles. The van der Waals surface area contributed by atoms with Crippen LogP contribution in [0, 0.1) is 17.1 Å². The van der Waals surface area contributed by atoms with E-state index in [2.05, 4.69) is 25.9 Å². The van der Waals surface area contributed by atoms with Crippen LogP contribution in [0.3, 0.4) is 0 Å². The number of thioether (sulfide) groups is 2. The van der Waals surface area contributed by atoms with Crippen LogP contribution in [0.4, 0.5) is 9.18 Å². The average molecular weight is 364 g/mol. The summed E-state index contributed by atoms with van der Waals surface area (Å²) in [6.45, 7) is 0. The quantitative estimate of drug-likeness (QED) is 0.823. The number of nitrogens with two attached hydrogens (primary N) is 1. The van der Waals surface area contributed by atoms with Crippen molar-refractivity contribution < 1.29 is 13.9 Å². The van der Waals surface area contributed by atoms with Crippen molar-refractivity contribution in [1.29, 1.82) is 5.26 Å². The zero-order valence-electron chi connectivity index (χ0n) is 11.9. The van der Waals surface area contributed by atoms with Gasteiger partial charge in [0.05, 0.1) is 21.4 Å². The molecule has 3 heterocycles. The number of allylic oxidation sites excluding steroid dienone is 1. The van der Waals surface area contributed by atoms with E-state index in [1.54, 1.807) is 0 Å². The van der Waals surface area contributed by atoms with Crippen molar-refractivity contribution in [1.82, 2.24) is 19.7 Å². The van der Waals surface area contributed by atoms with Gasteiger partial charge in [0, 0.05) is 11.8 Å². The molecular formula is C13H9FN6O2S2. The van der Waals surface area contributed by atoms with Crippen molar-refractivity contribution in [3.05, 3.63) is 40.7 Å². The van der Waals surface area contributed by atoms with Crippen molar-refractivity contribution in [2.24, 2.45) is 5.73 Å². The lowest BCUT2D eigenvalue weighted by Crippen LogP contribution is -2.16. The maximum absolute atomic E-state index is 14.2. The molecule has 1 amide bonds. The van der Waals surface area contributed by atoms with Gasteiger partial charge in [0.2, 0.25) is 0 Å².